The molecule has 1 aliphatic carbocycles. The number of nitrogens with one attached hydrogen (secondary N) is 1. The van der Waals surface area contributed by atoms with Crippen LogP contribution in [-0.2, 0) is 0 Å². The highest BCUT2D eigenvalue weighted by atomic mass is 19.1. The van der Waals surface area contributed by atoms with E-state index in [-0.39, 0.29) is 17.8 Å². The van der Waals surface area contributed by atoms with Gasteiger partial charge in [0, 0.05) is 17.6 Å². The van der Waals surface area contributed by atoms with Gasteiger partial charge in [0.05, 0.1) is 6.61 Å². The standard InChI is InChI=1S/C15H22FNO/c1-12-9-13(5-6-14(12)16)17-10-15(11-18)7-3-2-4-8-15/h5-6,9,17-18H,2-4,7-8,10-11H2,1H3. The third-order valence-corrected chi connectivity index (χ3v) is 4.08. The lowest BCUT2D eigenvalue weighted by molar-refractivity contribution is 0.0944. The van der Waals surface area contributed by atoms with Gasteiger partial charge in [0.25, 0.3) is 0 Å². The van der Waals surface area contributed by atoms with E-state index in [0.717, 1.165) is 25.1 Å². The summed E-state index contributed by atoms with van der Waals surface area (Å²) in [5.74, 6) is -0.171. The molecule has 100 valence electrons. The van der Waals surface area contributed by atoms with Crippen molar-refractivity contribution in [3.8, 4) is 0 Å². The zero-order chi connectivity index (χ0) is 13.0. The second-order valence-electron chi connectivity index (χ2n) is 5.54. The molecule has 2 nitrogen and oxygen atoms in total. The molecule has 1 aromatic rings. The Morgan fingerprint density at radius 1 is 1.28 bits per heavy atom. The van der Waals surface area contributed by atoms with Crippen molar-refractivity contribution in [1.29, 1.82) is 0 Å². The first kappa shape index (κ1) is 13.3. The van der Waals surface area contributed by atoms with Crippen molar-refractivity contribution in [2.75, 3.05) is 18.5 Å². The molecule has 2 N–H and O–H groups in total. The lowest BCUT2D eigenvalue weighted by atomic mass is 9.74. The van der Waals surface area contributed by atoms with Crippen LogP contribution in [0.5, 0.6) is 0 Å². The van der Waals surface area contributed by atoms with Gasteiger partial charge >= 0.3 is 0 Å². The van der Waals surface area contributed by atoms with Gasteiger partial charge in [-0.3, -0.25) is 0 Å². The van der Waals surface area contributed by atoms with Gasteiger partial charge < -0.3 is 10.4 Å². The Labute approximate surface area is 108 Å². The van der Waals surface area contributed by atoms with E-state index >= 15 is 0 Å². The molecule has 1 aromatic carbocycles. The van der Waals surface area contributed by atoms with Crippen molar-refractivity contribution >= 4 is 5.69 Å². The molecular weight excluding hydrogens is 229 g/mol. The van der Waals surface area contributed by atoms with Crippen LogP contribution in [-0.4, -0.2) is 18.3 Å². The maximum absolute atomic E-state index is 13.2. The van der Waals surface area contributed by atoms with Crippen LogP contribution in [0, 0.1) is 18.2 Å². The molecule has 3 heteroatoms. The summed E-state index contributed by atoms with van der Waals surface area (Å²) in [6.07, 6.45) is 5.83. The smallest absolute Gasteiger partial charge is 0.126 e. The van der Waals surface area contributed by atoms with Gasteiger partial charge in [-0.25, -0.2) is 4.39 Å². The molecule has 0 heterocycles. The quantitative estimate of drug-likeness (QED) is 0.858. The summed E-state index contributed by atoms with van der Waals surface area (Å²) in [4.78, 5) is 0. The minimum Gasteiger partial charge on any atom is -0.396 e. The first-order valence-corrected chi connectivity index (χ1v) is 6.76. The van der Waals surface area contributed by atoms with E-state index in [2.05, 4.69) is 5.32 Å². The van der Waals surface area contributed by atoms with Gasteiger partial charge in [0.1, 0.15) is 5.82 Å². The minimum absolute atomic E-state index is 0.0144. The summed E-state index contributed by atoms with van der Waals surface area (Å²) in [6.45, 7) is 2.78. The molecule has 1 fully saturated rings. The largest absolute Gasteiger partial charge is 0.396 e. The molecule has 2 rings (SSSR count). The van der Waals surface area contributed by atoms with Crippen LogP contribution in [0.2, 0.25) is 0 Å². The molecule has 0 unspecified atom stereocenters. The van der Waals surface area contributed by atoms with E-state index in [1.807, 2.05) is 6.07 Å². The molecule has 0 bridgehead atoms. The highest BCUT2D eigenvalue weighted by molar-refractivity contribution is 5.46. The summed E-state index contributed by atoms with van der Waals surface area (Å²) < 4.78 is 13.2. The van der Waals surface area contributed by atoms with Gasteiger partial charge in [0.15, 0.2) is 0 Å². The van der Waals surface area contributed by atoms with E-state index in [0.29, 0.717) is 5.56 Å². The van der Waals surface area contributed by atoms with Gasteiger partial charge in [-0.05, 0) is 43.5 Å². The molecule has 1 saturated carbocycles. The second-order valence-corrected chi connectivity index (χ2v) is 5.54. The van der Waals surface area contributed by atoms with Crippen LogP contribution in [0.1, 0.15) is 37.7 Å². The Morgan fingerprint density at radius 3 is 2.61 bits per heavy atom. The summed E-state index contributed by atoms with van der Waals surface area (Å²) in [5, 5.41) is 13.0. The number of rotatable bonds is 4. The van der Waals surface area contributed by atoms with Gasteiger partial charge in [-0.15, -0.1) is 0 Å². The lowest BCUT2D eigenvalue weighted by Crippen LogP contribution is -2.35. The number of halogens is 1. The molecule has 0 saturated heterocycles. The van der Waals surface area contributed by atoms with Crippen molar-refractivity contribution in [1.82, 2.24) is 0 Å². The summed E-state index contributed by atoms with van der Waals surface area (Å²) in [5.41, 5.74) is 1.61. The Hall–Kier alpha value is -1.09. The molecular formula is C15H22FNO. The zero-order valence-electron chi connectivity index (χ0n) is 11.0. The van der Waals surface area contributed by atoms with Crippen LogP contribution in [0.25, 0.3) is 0 Å². The second kappa shape index (κ2) is 5.70. The fourth-order valence-corrected chi connectivity index (χ4v) is 2.74. The Morgan fingerprint density at radius 2 is 2.00 bits per heavy atom. The summed E-state index contributed by atoms with van der Waals surface area (Å²) >= 11 is 0. The first-order valence-electron chi connectivity index (χ1n) is 6.76. The molecule has 1 aliphatic rings. The number of aliphatic hydroxyl groups excluding tert-OH is 1. The maximum atomic E-state index is 13.2. The third-order valence-electron chi connectivity index (χ3n) is 4.08. The van der Waals surface area contributed by atoms with E-state index in [1.165, 1.54) is 25.3 Å². The molecule has 18 heavy (non-hydrogen) atoms. The number of anilines is 1. The molecule has 0 radical (unpaired) electrons. The van der Waals surface area contributed by atoms with Crippen LogP contribution >= 0.6 is 0 Å². The van der Waals surface area contributed by atoms with Crippen molar-refractivity contribution in [2.24, 2.45) is 5.41 Å². The zero-order valence-corrected chi connectivity index (χ0v) is 11.0. The van der Waals surface area contributed by atoms with E-state index in [4.69, 9.17) is 0 Å². The third kappa shape index (κ3) is 3.02. The lowest BCUT2D eigenvalue weighted by Gasteiger charge is -2.36. The topological polar surface area (TPSA) is 32.3 Å². The number of aliphatic hydroxyl groups is 1. The normalized spacial score (nSPS) is 18.6. The molecule has 0 aliphatic heterocycles. The highest BCUT2D eigenvalue weighted by Crippen LogP contribution is 2.36. The van der Waals surface area contributed by atoms with Crippen LogP contribution in [0.4, 0.5) is 10.1 Å². The molecule has 0 aromatic heterocycles. The summed E-state index contributed by atoms with van der Waals surface area (Å²) in [7, 11) is 0. The SMILES string of the molecule is Cc1cc(NCC2(CO)CCCCC2)ccc1F. The number of hydrogen-bond donors (Lipinski definition) is 2. The molecule has 0 atom stereocenters. The fourth-order valence-electron chi connectivity index (χ4n) is 2.74. The fraction of sp³-hybridized carbons (Fsp3) is 0.600. The number of hydrogen-bond acceptors (Lipinski definition) is 2. The van der Waals surface area contributed by atoms with Crippen LogP contribution in [0.15, 0.2) is 18.2 Å². The number of benzene rings is 1. The van der Waals surface area contributed by atoms with Crippen LogP contribution < -0.4 is 5.32 Å². The highest BCUT2D eigenvalue weighted by Gasteiger charge is 2.31. The Kier molecular flexibility index (Phi) is 4.23. The Balaban J connectivity index is 1.98. The maximum Gasteiger partial charge on any atom is 0.126 e. The van der Waals surface area contributed by atoms with Gasteiger partial charge in [-0.1, -0.05) is 19.3 Å². The molecule has 0 spiro atoms. The Bertz CT molecular complexity index is 399. The predicted molar refractivity (Wildman–Crippen MR) is 72.2 cm³/mol. The van der Waals surface area contributed by atoms with E-state index in [9.17, 15) is 9.50 Å². The van der Waals surface area contributed by atoms with Crippen LogP contribution in [0.3, 0.4) is 0 Å². The van der Waals surface area contributed by atoms with E-state index in [1.54, 1.807) is 13.0 Å². The first-order chi connectivity index (χ1) is 8.65. The van der Waals surface area contributed by atoms with Crippen molar-refractivity contribution in [2.45, 2.75) is 39.0 Å². The van der Waals surface area contributed by atoms with Gasteiger partial charge in [-0.2, -0.15) is 0 Å². The van der Waals surface area contributed by atoms with E-state index < -0.39 is 0 Å². The van der Waals surface area contributed by atoms with Crippen molar-refractivity contribution < 1.29 is 9.50 Å². The average Bonchev–Trinajstić information content (AvgIpc) is 2.41. The van der Waals surface area contributed by atoms with Gasteiger partial charge in [0.2, 0.25) is 0 Å². The van der Waals surface area contributed by atoms with Crippen molar-refractivity contribution in [3.05, 3.63) is 29.6 Å². The number of aryl methyl sites for hydroxylation is 1. The molecule has 0 amide bonds. The minimum atomic E-state index is -0.171. The predicted octanol–water partition coefficient (Wildman–Crippen LogP) is 3.49. The average molecular weight is 251 g/mol. The van der Waals surface area contributed by atoms with Crippen molar-refractivity contribution in [3.63, 3.8) is 0 Å². The monoisotopic (exact) mass is 251 g/mol. The summed E-state index contributed by atoms with van der Waals surface area (Å²) in [6, 6.07) is 5.07.